The molecule has 16 heteroatoms. The zero-order valence-corrected chi connectivity index (χ0v) is 23.7. The Morgan fingerprint density at radius 3 is 2.40 bits per heavy atom. The van der Waals surface area contributed by atoms with Gasteiger partial charge in [0.2, 0.25) is 11.9 Å². The second kappa shape index (κ2) is 14.0. The van der Waals surface area contributed by atoms with Gasteiger partial charge in [-0.25, -0.2) is 14.6 Å². The van der Waals surface area contributed by atoms with E-state index in [1.165, 1.54) is 10.9 Å². The number of imidazole rings is 1. The molecule has 16 nitrogen and oxygen atoms in total. The molecular weight excluding hydrogens is 526 g/mol. The summed E-state index contributed by atoms with van der Waals surface area (Å²) in [5.41, 5.74) is -0.321. The van der Waals surface area contributed by atoms with Crippen molar-refractivity contribution < 1.29 is 28.6 Å². The Balaban J connectivity index is 1.76. The van der Waals surface area contributed by atoms with Crippen LogP contribution in [0.25, 0.3) is 11.2 Å². The van der Waals surface area contributed by atoms with Crippen molar-refractivity contribution in [3.8, 4) is 0 Å². The van der Waals surface area contributed by atoms with Gasteiger partial charge in [-0.15, -0.1) is 0 Å². The number of likely N-dealkylation sites (N-methyl/N-ethyl adjacent to an activating group) is 2. The Morgan fingerprint density at radius 1 is 1.12 bits per heavy atom. The number of aromatic amines is 1. The molecule has 4 N–H and O–H groups in total. The minimum absolute atomic E-state index is 0.0294. The lowest BCUT2D eigenvalue weighted by atomic mass is 10.2. The Hall–Kier alpha value is -3.76. The molecule has 1 aliphatic rings. The summed E-state index contributed by atoms with van der Waals surface area (Å²) < 4.78 is 18.6. The van der Waals surface area contributed by atoms with Crippen LogP contribution in [-0.2, 0) is 19.0 Å². The van der Waals surface area contributed by atoms with E-state index < -0.39 is 36.2 Å². The first kappa shape index (κ1) is 30.8. The van der Waals surface area contributed by atoms with E-state index in [0.717, 1.165) is 0 Å². The number of ether oxygens (including phenoxy) is 3. The Morgan fingerprint density at radius 2 is 1.77 bits per heavy atom. The largest absolute Gasteiger partial charge is 0.447 e. The summed E-state index contributed by atoms with van der Waals surface area (Å²) >= 11 is 0. The van der Waals surface area contributed by atoms with Crippen LogP contribution >= 0.6 is 0 Å². The molecule has 3 heterocycles. The van der Waals surface area contributed by atoms with E-state index in [1.54, 1.807) is 13.8 Å². The molecule has 3 rings (SSSR count). The third kappa shape index (κ3) is 8.62. The van der Waals surface area contributed by atoms with Crippen LogP contribution in [0.1, 0.15) is 26.5 Å². The average Bonchev–Trinajstić information content (AvgIpc) is 3.46. The molecule has 1 aliphatic heterocycles. The van der Waals surface area contributed by atoms with Crippen LogP contribution in [0.15, 0.2) is 11.1 Å². The normalized spacial score (nSPS) is 18.9. The lowest BCUT2D eigenvalue weighted by Crippen LogP contribution is -2.39. The summed E-state index contributed by atoms with van der Waals surface area (Å²) in [5.74, 6) is -0.675. The van der Waals surface area contributed by atoms with Gasteiger partial charge in [0.05, 0.1) is 6.33 Å². The Kier molecular flexibility index (Phi) is 10.8. The number of carbonyl (C=O) groups is 3. The van der Waals surface area contributed by atoms with Gasteiger partial charge in [0, 0.05) is 38.5 Å². The lowest BCUT2D eigenvalue weighted by Gasteiger charge is -2.19. The van der Waals surface area contributed by atoms with Crippen molar-refractivity contribution in [2.75, 3.05) is 66.3 Å². The molecule has 40 heavy (non-hydrogen) atoms. The third-order valence-electron chi connectivity index (χ3n) is 5.98. The molecule has 0 saturated carbocycles. The van der Waals surface area contributed by atoms with Crippen LogP contribution in [0.2, 0.25) is 0 Å². The molecule has 2 aromatic rings. The van der Waals surface area contributed by atoms with Gasteiger partial charge in [-0.3, -0.25) is 24.5 Å². The summed E-state index contributed by atoms with van der Waals surface area (Å²) in [6.45, 7) is 5.27. The first-order valence-corrected chi connectivity index (χ1v) is 13.0. The molecule has 1 fully saturated rings. The second-order valence-electron chi connectivity index (χ2n) is 10.2. The number of carbonyl (C=O) groups excluding carboxylic acids is 3. The number of anilines is 1. The maximum absolute atomic E-state index is 12.6. The zero-order valence-electron chi connectivity index (χ0n) is 23.7. The SMILES string of the molecule is CC(C)C(=O)Nc1nc2c(ncn2[C@H]2C[C@H](OC(=O)NCCN(C)C)[C@@H](COC(=O)NCCN(C)C)O2)c(=O)[nH]1. The number of hydrogen-bond donors (Lipinski definition) is 4. The van der Waals surface area contributed by atoms with Gasteiger partial charge >= 0.3 is 12.2 Å². The fraction of sp³-hybridized carbons (Fsp3) is 0.667. The highest BCUT2D eigenvalue weighted by Gasteiger charge is 2.40. The molecule has 0 unspecified atom stereocenters. The predicted molar refractivity (Wildman–Crippen MR) is 145 cm³/mol. The second-order valence-corrected chi connectivity index (χ2v) is 10.2. The van der Waals surface area contributed by atoms with Crippen LogP contribution < -0.4 is 21.5 Å². The predicted octanol–water partition coefficient (Wildman–Crippen LogP) is -0.0542. The molecule has 0 aromatic carbocycles. The number of amides is 3. The number of H-pyrrole nitrogens is 1. The highest BCUT2D eigenvalue weighted by Crippen LogP contribution is 2.32. The van der Waals surface area contributed by atoms with Crippen molar-refractivity contribution in [2.45, 2.75) is 38.7 Å². The molecular formula is C24H39N9O7. The highest BCUT2D eigenvalue weighted by molar-refractivity contribution is 5.91. The Labute approximate surface area is 231 Å². The smallest absolute Gasteiger partial charge is 0.407 e. The summed E-state index contributed by atoms with van der Waals surface area (Å²) in [5, 5.41) is 7.91. The van der Waals surface area contributed by atoms with Gasteiger partial charge in [0.25, 0.3) is 5.56 Å². The molecule has 0 bridgehead atoms. The van der Waals surface area contributed by atoms with Gasteiger partial charge < -0.3 is 34.6 Å². The number of nitrogens with zero attached hydrogens (tertiary/aromatic N) is 5. The third-order valence-corrected chi connectivity index (χ3v) is 5.98. The van der Waals surface area contributed by atoms with Crippen LogP contribution in [0.3, 0.4) is 0 Å². The van der Waals surface area contributed by atoms with Crippen molar-refractivity contribution in [1.29, 1.82) is 0 Å². The zero-order chi connectivity index (χ0) is 29.4. The fourth-order valence-electron chi connectivity index (χ4n) is 3.75. The van der Waals surface area contributed by atoms with Crippen LogP contribution in [-0.4, -0.2) is 121 Å². The molecule has 1 saturated heterocycles. The molecule has 0 spiro atoms. The maximum atomic E-state index is 12.6. The number of hydrogen-bond acceptors (Lipinski definition) is 11. The van der Waals surface area contributed by atoms with Crippen molar-refractivity contribution in [2.24, 2.45) is 5.92 Å². The van der Waals surface area contributed by atoms with Crippen molar-refractivity contribution >= 4 is 35.2 Å². The lowest BCUT2D eigenvalue weighted by molar-refractivity contribution is -0.118. The van der Waals surface area contributed by atoms with Gasteiger partial charge in [-0.2, -0.15) is 4.98 Å². The molecule has 0 radical (unpaired) electrons. The van der Waals surface area contributed by atoms with Crippen molar-refractivity contribution in [3.05, 3.63) is 16.7 Å². The van der Waals surface area contributed by atoms with E-state index in [-0.39, 0.29) is 42.0 Å². The number of aromatic nitrogens is 4. The molecule has 3 atom stereocenters. The maximum Gasteiger partial charge on any atom is 0.407 e. The molecule has 222 valence electrons. The number of alkyl carbamates (subject to hydrolysis) is 2. The topological polar surface area (TPSA) is 185 Å². The summed E-state index contributed by atoms with van der Waals surface area (Å²) in [6.07, 6.45) is -2.04. The number of rotatable bonds is 12. The minimum Gasteiger partial charge on any atom is -0.447 e. The number of fused-ring (bicyclic) bond motifs is 1. The quantitative estimate of drug-likeness (QED) is 0.270. The minimum atomic E-state index is -0.802. The van der Waals surface area contributed by atoms with E-state index in [4.69, 9.17) is 14.2 Å². The van der Waals surface area contributed by atoms with Crippen LogP contribution in [0.4, 0.5) is 15.5 Å². The van der Waals surface area contributed by atoms with Crippen molar-refractivity contribution in [3.63, 3.8) is 0 Å². The van der Waals surface area contributed by atoms with Crippen LogP contribution in [0.5, 0.6) is 0 Å². The van der Waals surface area contributed by atoms with Gasteiger partial charge in [0.15, 0.2) is 11.2 Å². The molecule has 2 aromatic heterocycles. The van der Waals surface area contributed by atoms with E-state index >= 15 is 0 Å². The number of nitrogens with one attached hydrogen (secondary N) is 4. The van der Waals surface area contributed by atoms with Gasteiger partial charge in [-0.1, -0.05) is 13.8 Å². The fourth-order valence-corrected chi connectivity index (χ4v) is 3.75. The summed E-state index contributed by atoms with van der Waals surface area (Å²) in [4.78, 5) is 64.2. The van der Waals surface area contributed by atoms with E-state index in [9.17, 15) is 19.2 Å². The molecule has 3 amide bonds. The standard InChI is InChI=1S/C24H39N9O7/c1-14(2)20(34)29-22-28-19-18(21(35)30-22)27-13-33(19)17-11-15(40-24(37)26-8-10-32(5)6)16(39-17)12-38-23(36)25-7-9-31(3)4/h13-17H,7-12H2,1-6H3,(H,25,36)(H,26,37)(H2,28,29,30,34,35)/t15-,16+,17+/m0/s1. The molecule has 0 aliphatic carbocycles. The average molecular weight is 566 g/mol. The van der Waals surface area contributed by atoms with E-state index in [1.807, 2.05) is 38.0 Å². The van der Waals surface area contributed by atoms with Crippen molar-refractivity contribution in [1.82, 2.24) is 40.0 Å². The van der Waals surface area contributed by atoms with E-state index in [0.29, 0.717) is 26.2 Å². The summed E-state index contributed by atoms with van der Waals surface area (Å²) in [7, 11) is 7.53. The van der Waals surface area contributed by atoms with E-state index in [2.05, 4.69) is 30.9 Å². The Bertz CT molecular complexity index is 1230. The monoisotopic (exact) mass is 565 g/mol. The summed E-state index contributed by atoms with van der Waals surface area (Å²) in [6, 6.07) is 0. The van der Waals surface area contributed by atoms with Gasteiger partial charge in [0.1, 0.15) is 25.0 Å². The first-order valence-electron chi connectivity index (χ1n) is 13.0. The van der Waals surface area contributed by atoms with Crippen LogP contribution in [0, 0.1) is 5.92 Å². The highest BCUT2D eigenvalue weighted by atomic mass is 16.6. The van der Waals surface area contributed by atoms with Gasteiger partial charge in [-0.05, 0) is 28.2 Å². The first-order chi connectivity index (χ1) is 18.9.